The summed E-state index contributed by atoms with van der Waals surface area (Å²) in [5.41, 5.74) is 4.50. The van der Waals surface area contributed by atoms with Crippen LogP contribution in [0.2, 0.25) is 0 Å². The van der Waals surface area contributed by atoms with Crippen molar-refractivity contribution in [1.82, 2.24) is 9.97 Å². The number of carboxylic acid groups (broad SMARTS) is 1. The van der Waals surface area contributed by atoms with Gasteiger partial charge in [0.05, 0.1) is 5.56 Å². The van der Waals surface area contributed by atoms with Crippen molar-refractivity contribution >= 4 is 5.97 Å². The van der Waals surface area contributed by atoms with E-state index in [1.165, 1.54) is 11.3 Å². The molecule has 21 heavy (non-hydrogen) atoms. The number of hydrogen-bond donors (Lipinski definition) is 1. The summed E-state index contributed by atoms with van der Waals surface area (Å²) in [5, 5.41) is 9.11. The first kappa shape index (κ1) is 13.7. The first-order chi connectivity index (χ1) is 10.1. The Labute approximate surface area is 123 Å². The van der Waals surface area contributed by atoms with Crippen molar-refractivity contribution < 1.29 is 9.90 Å². The molecule has 4 heteroatoms. The van der Waals surface area contributed by atoms with Crippen LogP contribution < -0.4 is 0 Å². The van der Waals surface area contributed by atoms with Crippen molar-refractivity contribution in [2.75, 3.05) is 0 Å². The molecule has 1 aliphatic carbocycles. The molecule has 0 fully saturated rings. The second kappa shape index (κ2) is 5.64. The monoisotopic (exact) mass is 282 g/mol. The number of fused-ring (bicyclic) bond motifs is 1. The highest BCUT2D eigenvalue weighted by Crippen LogP contribution is 2.34. The fraction of sp³-hybridized carbons (Fsp3) is 0.353. The Morgan fingerprint density at radius 2 is 2.29 bits per heavy atom. The van der Waals surface area contributed by atoms with Gasteiger partial charge in [-0.15, -0.1) is 0 Å². The molecule has 3 rings (SSSR count). The number of rotatable bonds is 4. The van der Waals surface area contributed by atoms with Gasteiger partial charge in [0.25, 0.3) is 0 Å². The highest BCUT2D eigenvalue weighted by atomic mass is 16.4. The Hall–Kier alpha value is -2.23. The molecule has 2 aromatic heterocycles. The lowest BCUT2D eigenvalue weighted by molar-refractivity contribution is 0.0696. The summed E-state index contributed by atoms with van der Waals surface area (Å²) in [6.45, 7) is 1.84. The zero-order valence-electron chi connectivity index (χ0n) is 12.0. The van der Waals surface area contributed by atoms with E-state index in [1.54, 1.807) is 12.1 Å². The maximum atomic E-state index is 11.1. The third kappa shape index (κ3) is 2.94. The largest absolute Gasteiger partial charge is 0.478 e. The minimum absolute atomic E-state index is 0.322. The molecule has 1 N–H and O–H groups in total. The van der Waals surface area contributed by atoms with E-state index in [9.17, 15) is 4.79 Å². The molecule has 0 unspecified atom stereocenters. The molecule has 0 aromatic carbocycles. The van der Waals surface area contributed by atoms with Crippen LogP contribution in [-0.2, 0) is 12.8 Å². The molecule has 0 aliphatic heterocycles. The Morgan fingerprint density at radius 1 is 1.43 bits per heavy atom. The number of aromatic nitrogens is 2. The van der Waals surface area contributed by atoms with E-state index in [-0.39, 0.29) is 0 Å². The molecule has 1 aliphatic rings. The molecule has 108 valence electrons. The number of nitrogens with zero attached hydrogens (tertiary/aromatic N) is 2. The fourth-order valence-corrected chi connectivity index (χ4v) is 3.09. The van der Waals surface area contributed by atoms with Crippen molar-refractivity contribution in [2.24, 2.45) is 0 Å². The molecule has 2 aromatic rings. The number of aryl methyl sites for hydroxylation is 3. The minimum Gasteiger partial charge on any atom is -0.478 e. The van der Waals surface area contributed by atoms with Gasteiger partial charge in [0.2, 0.25) is 0 Å². The number of carbonyl (C=O) groups is 1. The van der Waals surface area contributed by atoms with Crippen LogP contribution in [0.5, 0.6) is 0 Å². The molecule has 0 saturated heterocycles. The molecule has 0 radical (unpaired) electrons. The number of carboxylic acids is 1. The number of aromatic carboxylic acids is 1. The van der Waals surface area contributed by atoms with Crippen molar-refractivity contribution in [3.63, 3.8) is 0 Å². The lowest BCUT2D eigenvalue weighted by atomic mass is 9.98. The van der Waals surface area contributed by atoms with Gasteiger partial charge in [-0.3, -0.25) is 9.97 Å². The summed E-state index contributed by atoms with van der Waals surface area (Å²) in [6, 6.07) is 7.43. The molecule has 4 nitrogen and oxygen atoms in total. The van der Waals surface area contributed by atoms with E-state index in [4.69, 9.17) is 5.11 Å². The lowest BCUT2D eigenvalue weighted by Gasteiger charge is -2.10. The third-order valence-electron chi connectivity index (χ3n) is 4.08. The van der Waals surface area contributed by atoms with Gasteiger partial charge in [-0.25, -0.2) is 4.79 Å². The zero-order valence-corrected chi connectivity index (χ0v) is 12.0. The molecule has 0 amide bonds. The van der Waals surface area contributed by atoms with Gasteiger partial charge in [0.15, 0.2) is 0 Å². The highest BCUT2D eigenvalue weighted by molar-refractivity contribution is 5.87. The van der Waals surface area contributed by atoms with E-state index < -0.39 is 5.97 Å². The predicted molar refractivity (Wildman–Crippen MR) is 79.6 cm³/mol. The van der Waals surface area contributed by atoms with Crippen molar-refractivity contribution in [3.05, 3.63) is 58.7 Å². The molecule has 0 spiro atoms. The molecule has 2 heterocycles. The summed E-state index contributed by atoms with van der Waals surface area (Å²) in [7, 11) is 0. The molecule has 0 bridgehead atoms. The Kier molecular flexibility index (Phi) is 3.69. The third-order valence-corrected chi connectivity index (χ3v) is 4.08. The van der Waals surface area contributed by atoms with Crippen molar-refractivity contribution in [2.45, 2.75) is 38.5 Å². The van der Waals surface area contributed by atoms with Crippen molar-refractivity contribution in [3.8, 4) is 0 Å². The summed E-state index contributed by atoms with van der Waals surface area (Å²) in [6.07, 6.45) is 5.84. The minimum atomic E-state index is -0.894. The summed E-state index contributed by atoms with van der Waals surface area (Å²) in [5.74, 6) is -0.425. The van der Waals surface area contributed by atoms with Gasteiger partial charge in [0, 0.05) is 29.2 Å². The van der Waals surface area contributed by atoms with Gasteiger partial charge in [-0.1, -0.05) is 6.07 Å². The summed E-state index contributed by atoms with van der Waals surface area (Å²) < 4.78 is 0. The molecular weight excluding hydrogens is 264 g/mol. The van der Waals surface area contributed by atoms with Crippen LogP contribution in [0.15, 0.2) is 30.5 Å². The Bertz CT molecular complexity index is 682. The lowest BCUT2D eigenvalue weighted by Crippen LogP contribution is -2.04. The number of pyridine rings is 2. The molecule has 1 atom stereocenters. The first-order valence-corrected chi connectivity index (χ1v) is 7.28. The summed E-state index contributed by atoms with van der Waals surface area (Å²) >= 11 is 0. The Balaban J connectivity index is 1.73. The standard InChI is InChI=1S/C17H18N2O2/c1-11-9-14(17(20)21)10-15(19-11)7-6-13-5-4-12-3-2-8-18-16(12)13/h2-3,8-10,13H,4-7H2,1H3,(H,20,21)/t13-/m1/s1. The quantitative estimate of drug-likeness (QED) is 0.935. The number of hydrogen-bond acceptors (Lipinski definition) is 3. The Morgan fingerprint density at radius 3 is 3.10 bits per heavy atom. The smallest absolute Gasteiger partial charge is 0.335 e. The average Bonchev–Trinajstić information content (AvgIpc) is 2.88. The van der Waals surface area contributed by atoms with Crippen LogP contribution in [0, 0.1) is 6.92 Å². The van der Waals surface area contributed by atoms with Gasteiger partial charge in [-0.05, 0) is 56.4 Å². The molecule has 0 saturated carbocycles. The second-order valence-electron chi connectivity index (χ2n) is 5.62. The SMILES string of the molecule is Cc1cc(C(=O)O)cc(CC[C@H]2CCc3cccnc32)n1. The van der Waals surface area contributed by atoms with Crippen LogP contribution >= 0.6 is 0 Å². The molecular formula is C17H18N2O2. The highest BCUT2D eigenvalue weighted by Gasteiger charge is 2.23. The van der Waals surface area contributed by atoms with Crippen LogP contribution in [0.3, 0.4) is 0 Å². The van der Waals surface area contributed by atoms with E-state index in [1.807, 2.05) is 19.2 Å². The normalized spacial score (nSPS) is 16.7. The van der Waals surface area contributed by atoms with Gasteiger partial charge in [0.1, 0.15) is 0 Å². The van der Waals surface area contributed by atoms with E-state index in [2.05, 4.69) is 16.0 Å². The van der Waals surface area contributed by atoms with Crippen molar-refractivity contribution in [1.29, 1.82) is 0 Å². The van der Waals surface area contributed by atoms with Crippen LogP contribution in [0.1, 0.15) is 51.8 Å². The summed E-state index contributed by atoms with van der Waals surface area (Å²) in [4.78, 5) is 20.0. The van der Waals surface area contributed by atoms with Gasteiger partial charge < -0.3 is 5.11 Å². The zero-order chi connectivity index (χ0) is 14.8. The van der Waals surface area contributed by atoms with E-state index >= 15 is 0 Å². The van der Waals surface area contributed by atoms with Crippen LogP contribution in [-0.4, -0.2) is 21.0 Å². The van der Waals surface area contributed by atoms with Gasteiger partial charge in [-0.2, -0.15) is 0 Å². The predicted octanol–water partition coefficient (Wildman–Crippen LogP) is 3.15. The van der Waals surface area contributed by atoms with Crippen LogP contribution in [0.4, 0.5) is 0 Å². The topological polar surface area (TPSA) is 63.1 Å². The van der Waals surface area contributed by atoms with Gasteiger partial charge >= 0.3 is 5.97 Å². The first-order valence-electron chi connectivity index (χ1n) is 7.28. The maximum Gasteiger partial charge on any atom is 0.335 e. The maximum absolute atomic E-state index is 11.1. The van der Waals surface area contributed by atoms with E-state index in [0.717, 1.165) is 37.1 Å². The fourth-order valence-electron chi connectivity index (χ4n) is 3.09. The van der Waals surface area contributed by atoms with Crippen LogP contribution in [0.25, 0.3) is 0 Å². The second-order valence-corrected chi connectivity index (χ2v) is 5.62. The average molecular weight is 282 g/mol. The van der Waals surface area contributed by atoms with E-state index in [0.29, 0.717) is 11.5 Å².